The van der Waals surface area contributed by atoms with Gasteiger partial charge in [-0.2, -0.15) is 0 Å². The van der Waals surface area contributed by atoms with Crippen LogP contribution < -0.4 is 5.32 Å². The first kappa shape index (κ1) is 10.7. The van der Waals surface area contributed by atoms with Crippen molar-refractivity contribution in [2.45, 2.75) is 58.5 Å². The van der Waals surface area contributed by atoms with Crippen molar-refractivity contribution in [3.8, 4) is 0 Å². The van der Waals surface area contributed by atoms with E-state index in [1.165, 1.54) is 37.7 Å². The van der Waals surface area contributed by atoms with Crippen LogP contribution in [0, 0.1) is 13.8 Å². The summed E-state index contributed by atoms with van der Waals surface area (Å²) >= 11 is 0. The predicted octanol–water partition coefficient (Wildman–Crippen LogP) is 3.32. The van der Waals surface area contributed by atoms with E-state index in [1.807, 2.05) is 13.8 Å². The Bertz CT molecular complexity index is 310. The average molecular weight is 207 g/mol. The zero-order valence-corrected chi connectivity index (χ0v) is 9.81. The zero-order valence-electron chi connectivity index (χ0n) is 9.81. The van der Waals surface area contributed by atoms with Crippen LogP contribution >= 0.6 is 0 Å². The normalized spacial score (nSPS) is 18.3. The molecule has 1 aromatic rings. The first-order valence-electron chi connectivity index (χ1n) is 6.05. The van der Waals surface area contributed by atoms with E-state index in [9.17, 15) is 0 Å². The quantitative estimate of drug-likeness (QED) is 0.822. The van der Waals surface area contributed by atoms with Gasteiger partial charge in [-0.25, -0.2) is 0 Å². The van der Waals surface area contributed by atoms with Gasteiger partial charge in [-0.3, -0.25) is 0 Å². The van der Waals surface area contributed by atoms with Crippen molar-refractivity contribution in [3.63, 3.8) is 0 Å². The van der Waals surface area contributed by atoms with Crippen molar-refractivity contribution < 1.29 is 4.42 Å². The lowest BCUT2D eigenvalue weighted by Crippen LogP contribution is -2.30. The summed E-state index contributed by atoms with van der Waals surface area (Å²) in [5.74, 6) is 2.09. The average Bonchev–Trinajstić information content (AvgIpc) is 2.56. The zero-order chi connectivity index (χ0) is 10.7. The molecule has 2 nitrogen and oxygen atoms in total. The van der Waals surface area contributed by atoms with Gasteiger partial charge in [-0.05, 0) is 32.8 Å². The van der Waals surface area contributed by atoms with Crippen LogP contribution in [-0.2, 0) is 6.54 Å². The van der Waals surface area contributed by atoms with E-state index in [1.54, 1.807) is 0 Å². The Hall–Kier alpha value is -0.760. The second-order valence-electron chi connectivity index (χ2n) is 4.65. The predicted molar refractivity (Wildman–Crippen MR) is 61.9 cm³/mol. The number of nitrogens with one attached hydrogen (secondary N) is 1. The van der Waals surface area contributed by atoms with Gasteiger partial charge in [0.2, 0.25) is 0 Å². The molecule has 0 radical (unpaired) electrons. The SMILES string of the molecule is Cc1cc(CNC2CCCCC2)c(C)o1. The minimum Gasteiger partial charge on any atom is -0.466 e. The van der Waals surface area contributed by atoms with Crippen molar-refractivity contribution in [1.29, 1.82) is 0 Å². The summed E-state index contributed by atoms with van der Waals surface area (Å²) in [6, 6.07) is 2.87. The standard InChI is InChI=1S/C13H21NO/c1-10-8-12(11(2)15-10)9-14-13-6-4-3-5-7-13/h8,13-14H,3-7,9H2,1-2H3. The molecule has 0 bridgehead atoms. The van der Waals surface area contributed by atoms with Crippen LogP contribution in [0.5, 0.6) is 0 Å². The van der Waals surface area contributed by atoms with Crippen molar-refractivity contribution >= 4 is 0 Å². The van der Waals surface area contributed by atoms with Crippen LogP contribution in [0.4, 0.5) is 0 Å². The van der Waals surface area contributed by atoms with Gasteiger partial charge in [0.05, 0.1) is 0 Å². The molecule has 0 saturated heterocycles. The summed E-state index contributed by atoms with van der Waals surface area (Å²) in [7, 11) is 0. The third kappa shape index (κ3) is 2.85. The lowest BCUT2D eigenvalue weighted by molar-refractivity contribution is 0.371. The Morgan fingerprint density at radius 1 is 1.27 bits per heavy atom. The number of rotatable bonds is 3. The number of furan rings is 1. The van der Waals surface area contributed by atoms with Gasteiger partial charge in [0.1, 0.15) is 11.5 Å². The highest BCUT2D eigenvalue weighted by atomic mass is 16.3. The van der Waals surface area contributed by atoms with Crippen LogP contribution in [0.15, 0.2) is 10.5 Å². The van der Waals surface area contributed by atoms with Crippen molar-refractivity contribution in [2.75, 3.05) is 0 Å². The Labute approximate surface area is 92.1 Å². The molecule has 0 unspecified atom stereocenters. The molecule has 1 aliphatic rings. The second-order valence-corrected chi connectivity index (χ2v) is 4.65. The van der Waals surface area contributed by atoms with Crippen LogP contribution in [0.3, 0.4) is 0 Å². The molecule has 15 heavy (non-hydrogen) atoms. The van der Waals surface area contributed by atoms with Crippen molar-refractivity contribution in [2.24, 2.45) is 0 Å². The highest BCUT2D eigenvalue weighted by Crippen LogP contribution is 2.19. The van der Waals surface area contributed by atoms with E-state index in [0.717, 1.165) is 24.1 Å². The number of aryl methyl sites for hydroxylation is 2. The van der Waals surface area contributed by atoms with Crippen LogP contribution in [0.25, 0.3) is 0 Å². The van der Waals surface area contributed by atoms with Crippen LogP contribution in [0.2, 0.25) is 0 Å². The molecule has 0 amide bonds. The fourth-order valence-corrected chi connectivity index (χ4v) is 2.42. The second kappa shape index (κ2) is 4.84. The lowest BCUT2D eigenvalue weighted by Gasteiger charge is -2.22. The van der Waals surface area contributed by atoms with Crippen molar-refractivity contribution in [1.82, 2.24) is 5.32 Å². The van der Waals surface area contributed by atoms with Crippen LogP contribution in [-0.4, -0.2) is 6.04 Å². The van der Waals surface area contributed by atoms with E-state index >= 15 is 0 Å². The molecule has 84 valence electrons. The van der Waals surface area contributed by atoms with Crippen molar-refractivity contribution in [3.05, 3.63) is 23.2 Å². The molecule has 0 aromatic carbocycles. The lowest BCUT2D eigenvalue weighted by atomic mass is 9.95. The minimum absolute atomic E-state index is 0.730. The molecule has 0 spiro atoms. The highest BCUT2D eigenvalue weighted by molar-refractivity contribution is 5.19. The third-order valence-corrected chi connectivity index (χ3v) is 3.33. The topological polar surface area (TPSA) is 25.2 Å². The first-order chi connectivity index (χ1) is 7.25. The Morgan fingerprint density at radius 2 is 2.00 bits per heavy atom. The molecule has 1 heterocycles. The maximum atomic E-state index is 5.51. The van der Waals surface area contributed by atoms with Gasteiger partial charge in [0, 0.05) is 18.2 Å². The molecule has 2 rings (SSSR count). The smallest absolute Gasteiger partial charge is 0.105 e. The molecule has 1 aliphatic carbocycles. The first-order valence-corrected chi connectivity index (χ1v) is 6.05. The van der Waals surface area contributed by atoms with Gasteiger partial charge in [0.15, 0.2) is 0 Å². The fourth-order valence-electron chi connectivity index (χ4n) is 2.42. The fraction of sp³-hybridized carbons (Fsp3) is 0.692. The Morgan fingerprint density at radius 3 is 2.60 bits per heavy atom. The molecule has 1 fully saturated rings. The molecule has 1 aromatic heterocycles. The molecule has 0 atom stereocenters. The van der Waals surface area contributed by atoms with E-state index in [4.69, 9.17) is 4.42 Å². The maximum Gasteiger partial charge on any atom is 0.105 e. The summed E-state index contributed by atoms with van der Waals surface area (Å²) in [6.07, 6.45) is 6.88. The molecule has 2 heteroatoms. The third-order valence-electron chi connectivity index (χ3n) is 3.33. The van der Waals surface area contributed by atoms with Gasteiger partial charge in [0.25, 0.3) is 0 Å². The molecule has 1 saturated carbocycles. The molecule has 1 N–H and O–H groups in total. The van der Waals surface area contributed by atoms with E-state index < -0.39 is 0 Å². The summed E-state index contributed by atoms with van der Waals surface area (Å²) in [4.78, 5) is 0. The van der Waals surface area contributed by atoms with Gasteiger partial charge in [-0.1, -0.05) is 19.3 Å². The number of hydrogen-bond donors (Lipinski definition) is 1. The van der Waals surface area contributed by atoms with Gasteiger partial charge < -0.3 is 9.73 Å². The molecule has 0 aliphatic heterocycles. The van der Waals surface area contributed by atoms with Crippen LogP contribution in [0.1, 0.15) is 49.2 Å². The minimum atomic E-state index is 0.730. The summed E-state index contributed by atoms with van der Waals surface area (Å²) in [5.41, 5.74) is 1.32. The summed E-state index contributed by atoms with van der Waals surface area (Å²) < 4.78 is 5.51. The summed E-state index contributed by atoms with van der Waals surface area (Å²) in [5, 5.41) is 3.63. The largest absolute Gasteiger partial charge is 0.466 e. The summed E-state index contributed by atoms with van der Waals surface area (Å²) in [6.45, 7) is 5.02. The van der Waals surface area contributed by atoms with Gasteiger partial charge >= 0.3 is 0 Å². The Balaban J connectivity index is 1.84. The monoisotopic (exact) mass is 207 g/mol. The van der Waals surface area contributed by atoms with E-state index in [-0.39, 0.29) is 0 Å². The van der Waals surface area contributed by atoms with E-state index in [2.05, 4.69) is 11.4 Å². The molecular formula is C13H21NO. The Kier molecular flexibility index (Phi) is 3.47. The van der Waals surface area contributed by atoms with E-state index in [0.29, 0.717) is 0 Å². The maximum absolute atomic E-state index is 5.51. The van der Waals surface area contributed by atoms with Gasteiger partial charge in [-0.15, -0.1) is 0 Å². The number of hydrogen-bond acceptors (Lipinski definition) is 2. The highest BCUT2D eigenvalue weighted by Gasteiger charge is 2.13. The molecular weight excluding hydrogens is 186 g/mol.